The number of hydrogen-bond acceptors (Lipinski definition) is 5. The van der Waals surface area contributed by atoms with Crippen molar-refractivity contribution in [3.8, 4) is 0 Å². The highest BCUT2D eigenvalue weighted by molar-refractivity contribution is 7.89. The molecule has 1 aliphatic heterocycles. The number of nitrogens with zero attached hydrogens (tertiary/aromatic N) is 1. The van der Waals surface area contributed by atoms with Crippen molar-refractivity contribution >= 4 is 10.0 Å². The summed E-state index contributed by atoms with van der Waals surface area (Å²) in [5.41, 5.74) is 0. The average molecular weight is 303 g/mol. The van der Waals surface area contributed by atoms with Crippen LogP contribution in [-0.2, 0) is 21.4 Å². The van der Waals surface area contributed by atoms with E-state index in [4.69, 9.17) is 14.3 Å². The van der Waals surface area contributed by atoms with Gasteiger partial charge in [-0.15, -0.1) is 0 Å². The molecule has 0 aliphatic carbocycles. The summed E-state index contributed by atoms with van der Waals surface area (Å²) in [5.74, 6) is 0.576. The van der Waals surface area contributed by atoms with Crippen molar-refractivity contribution in [3.63, 3.8) is 0 Å². The highest BCUT2D eigenvalue weighted by atomic mass is 32.2. The van der Waals surface area contributed by atoms with Crippen LogP contribution in [0.1, 0.15) is 31.3 Å². The second-order valence-corrected chi connectivity index (χ2v) is 6.78. The first kappa shape index (κ1) is 15.5. The van der Waals surface area contributed by atoms with Crippen LogP contribution in [0.5, 0.6) is 0 Å². The SMILES string of the molecule is CCOC1CCCN(S(=O)(=O)c2cc(CO)oc2C)C1. The fourth-order valence-corrected chi connectivity index (χ4v) is 4.19. The number of aryl methyl sites for hydroxylation is 1. The molecule has 1 aromatic heterocycles. The van der Waals surface area contributed by atoms with Crippen molar-refractivity contribution in [1.29, 1.82) is 0 Å². The molecule has 0 radical (unpaired) electrons. The van der Waals surface area contributed by atoms with E-state index < -0.39 is 10.0 Å². The minimum Gasteiger partial charge on any atom is -0.462 e. The van der Waals surface area contributed by atoms with Gasteiger partial charge in [0.1, 0.15) is 23.0 Å². The van der Waals surface area contributed by atoms with Gasteiger partial charge in [-0.05, 0) is 26.7 Å². The van der Waals surface area contributed by atoms with Crippen molar-refractivity contribution in [2.24, 2.45) is 0 Å². The Labute approximate surface area is 119 Å². The molecule has 1 aromatic rings. The molecular weight excluding hydrogens is 282 g/mol. The Morgan fingerprint density at radius 1 is 1.55 bits per heavy atom. The Balaban J connectivity index is 2.22. The van der Waals surface area contributed by atoms with Crippen LogP contribution >= 0.6 is 0 Å². The van der Waals surface area contributed by atoms with E-state index in [1.165, 1.54) is 10.4 Å². The van der Waals surface area contributed by atoms with E-state index in [-0.39, 0.29) is 23.4 Å². The molecule has 2 heterocycles. The highest BCUT2D eigenvalue weighted by Crippen LogP contribution is 2.26. The molecule has 0 spiro atoms. The zero-order valence-electron chi connectivity index (χ0n) is 11.8. The number of furan rings is 1. The van der Waals surface area contributed by atoms with Gasteiger partial charge >= 0.3 is 0 Å². The lowest BCUT2D eigenvalue weighted by Gasteiger charge is -2.31. The molecule has 0 bridgehead atoms. The molecule has 1 unspecified atom stereocenters. The maximum atomic E-state index is 12.6. The van der Waals surface area contributed by atoms with Gasteiger partial charge in [0.15, 0.2) is 0 Å². The van der Waals surface area contributed by atoms with E-state index in [0.29, 0.717) is 25.5 Å². The maximum Gasteiger partial charge on any atom is 0.246 e. The van der Waals surface area contributed by atoms with Gasteiger partial charge in [-0.2, -0.15) is 4.31 Å². The van der Waals surface area contributed by atoms with Gasteiger partial charge in [0.2, 0.25) is 10.0 Å². The average Bonchev–Trinajstić information content (AvgIpc) is 2.81. The Hall–Kier alpha value is -0.890. The van der Waals surface area contributed by atoms with E-state index >= 15 is 0 Å². The Kier molecular flexibility index (Phi) is 4.85. The predicted octanol–water partition coefficient (Wildman–Crippen LogP) is 1.27. The van der Waals surface area contributed by atoms with E-state index in [1.807, 2.05) is 6.92 Å². The van der Waals surface area contributed by atoms with Crippen LogP contribution in [0.3, 0.4) is 0 Å². The van der Waals surface area contributed by atoms with E-state index in [1.54, 1.807) is 6.92 Å². The number of aliphatic hydroxyl groups excluding tert-OH is 1. The van der Waals surface area contributed by atoms with Crippen LogP contribution in [0, 0.1) is 6.92 Å². The lowest BCUT2D eigenvalue weighted by molar-refractivity contribution is 0.0265. The number of hydrogen-bond donors (Lipinski definition) is 1. The zero-order valence-corrected chi connectivity index (χ0v) is 12.6. The molecule has 20 heavy (non-hydrogen) atoms. The van der Waals surface area contributed by atoms with Crippen molar-refractivity contribution in [1.82, 2.24) is 4.31 Å². The quantitative estimate of drug-likeness (QED) is 0.886. The molecule has 1 atom stereocenters. The molecule has 0 saturated carbocycles. The molecular formula is C13H21NO5S. The summed E-state index contributed by atoms with van der Waals surface area (Å²) in [7, 11) is -3.58. The summed E-state index contributed by atoms with van der Waals surface area (Å²) in [5, 5.41) is 9.04. The Morgan fingerprint density at radius 2 is 2.30 bits per heavy atom. The summed E-state index contributed by atoms with van der Waals surface area (Å²) in [6.45, 7) is 4.63. The van der Waals surface area contributed by atoms with Gasteiger partial charge in [-0.1, -0.05) is 0 Å². The van der Waals surface area contributed by atoms with Crippen LogP contribution in [0.4, 0.5) is 0 Å². The van der Waals surface area contributed by atoms with Gasteiger partial charge in [-0.25, -0.2) is 8.42 Å². The third-order valence-corrected chi connectivity index (χ3v) is 5.41. The standard InChI is InChI=1S/C13H21NO5S/c1-3-18-11-5-4-6-14(8-11)20(16,17)13-7-12(9-15)19-10(13)2/h7,11,15H,3-6,8-9H2,1-2H3. The van der Waals surface area contributed by atoms with E-state index in [9.17, 15) is 8.42 Å². The first-order valence-electron chi connectivity index (χ1n) is 6.81. The van der Waals surface area contributed by atoms with Gasteiger partial charge in [0.05, 0.1) is 6.10 Å². The lowest BCUT2D eigenvalue weighted by atomic mass is 10.1. The normalized spacial score (nSPS) is 21.2. The molecule has 0 amide bonds. The molecule has 6 nitrogen and oxygen atoms in total. The molecule has 1 aliphatic rings. The third kappa shape index (κ3) is 3.06. The highest BCUT2D eigenvalue weighted by Gasteiger charge is 2.33. The van der Waals surface area contributed by atoms with E-state index in [0.717, 1.165) is 12.8 Å². The largest absolute Gasteiger partial charge is 0.462 e. The molecule has 1 N–H and O–H groups in total. The van der Waals surface area contributed by atoms with Crippen LogP contribution < -0.4 is 0 Å². The Morgan fingerprint density at radius 3 is 2.90 bits per heavy atom. The smallest absolute Gasteiger partial charge is 0.246 e. The predicted molar refractivity (Wildman–Crippen MR) is 72.8 cm³/mol. The molecule has 114 valence electrons. The number of ether oxygens (including phenoxy) is 1. The number of rotatable bonds is 5. The summed E-state index contributed by atoms with van der Waals surface area (Å²) >= 11 is 0. The van der Waals surface area contributed by atoms with Crippen molar-refractivity contribution in [2.45, 2.75) is 44.3 Å². The second kappa shape index (κ2) is 6.26. The monoisotopic (exact) mass is 303 g/mol. The summed E-state index contributed by atoms with van der Waals surface area (Å²) in [6, 6.07) is 1.40. The second-order valence-electron chi connectivity index (χ2n) is 4.87. The molecule has 2 rings (SSSR count). The van der Waals surface area contributed by atoms with Crippen LogP contribution in [0.15, 0.2) is 15.4 Å². The molecule has 1 saturated heterocycles. The third-order valence-electron chi connectivity index (χ3n) is 3.44. The maximum absolute atomic E-state index is 12.6. The Bertz CT molecular complexity index is 549. The molecule has 1 fully saturated rings. The molecule has 7 heteroatoms. The van der Waals surface area contributed by atoms with Crippen molar-refractivity contribution < 1.29 is 22.7 Å². The lowest BCUT2D eigenvalue weighted by Crippen LogP contribution is -2.43. The first-order chi connectivity index (χ1) is 9.48. The van der Waals surface area contributed by atoms with Crippen LogP contribution in [0.2, 0.25) is 0 Å². The van der Waals surface area contributed by atoms with Crippen molar-refractivity contribution in [3.05, 3.63) is 17.6 Å². The van der Waals surface area contributed by atoms with Crippen LogP contribution in [0.25, 0.3) is 0 Å². The van der Waals surface area contributed by atoms with Gasteiger partial charge in [-0.3, -0.25) is 0 Å². The van der Waals surface area contributed by atoms with Gasteiger partial charge < -0.3 is 14.3 Å². The molecule has 0 aromatic carbocycles. The summed E-state index contributed by atoms with van der Waals surface area (Å²) in [6.07, 6.45) is 1.62. The zero-order chi connectivity index (χ0) is 14.8. The number of piperidine rings is 1. The minimum absolute atomic E-state index is 0.0481. The topological polar surface area (TPSA) is 80.0 Å². The van der Waals surface area contributed by atoms with Crippen molar-refractivity contribution in [2.75, 3.05) is 19.7 Å². The number of sulfonamides is 1. The summed E-state index contributed by atoms with van der Waals surface area (Å²) in [4.78, 5) is 0.138. The minimum atomic E-state index is -3.58. The van der Waals surface area contributed by atoms with Gasteiger partial charge in [0.25, 0.3) is 0 Å². The van der Waals surface area contributed by atoms with E-state index in [2.05, 4.69) is 0 Å². The fraction of sp³-hybridized carbons (Fsp3) is 0.692. The van der Waals surface area contributed by atoms with Crippen LogP contribution in [-0.4, -0.2) is 43.6 Å². The summed E-state index contributed by atoms with van der Waals surface area (Å²) < 4.78 is 37.4. The van der Waals surface area contributed by atoms with Gasteiger partial charge in [0, 0.05) is 25.8 Å². The fourth-order valence-electron chi connectivity index (χ4n) is 2.49. The first-order valence-corrected chi connectivity index (χ1v) is 8.25. The number of aliphatic hydroxyl groups is 1.